The first-order valence-electron chi connectivity index (χ1n) is 5.83. The molecule has 0 spiro atoms. The number of hydrogen-bond acceptors (Lipinski definition) is 1. The third-order valence-corrected chi connectivity index (χ3v) is 3.40. The Kier molecular flexibility index (Phi) is 4.00. The molecule has 0 aliphatic carbocycles. The highest BCUT2D eigenvalue weighted by molar-refractivity contribution is 6.31. The molecule has 2 N–H and O–H groups in total. The fourth-order valence-electron chi connectivity index (χ4n) is 2.07. The Hall–Kier alpha value is -1.38. The maximum atomic E-state index is 13.0. The SMILES string of the molecule is Cc1cc(F)ccc1C(N)Cc1ccccc1Cl. The Morgan fingerprint density at radius 2 is 1.94 bits per heavy atom. The zero-order valence-electron chi connectivity index (χ0n) is 10.2. The van der Waals surface area contributed by atoms with E-state index in [0.717, 1.165) is 16.7 Å². The molecule has 0 heterocycles. The van der Waals surface area contributed by atoms with Gasteiger partial charge in [0.1, 0.15) is 5.82 Å². The first-order valence-corrected chi connectivity index (χ1v) is 6.21. The van der Waals surface area contributed by atoms with Crippen molar-refractivity contribution < 1.29 is 4.39 Å². The van der Waals surface area contributed by atoms with Crippen LogP contribution in [0.5, 0.6) is 0 Å². The number of rotatable bonds is 3. The number of benzene rings is 2. The molecule has 0 aliphatic rings. The van der Waals surface area contributed by atoms with Gasteiger partial charge in [-0.25, -0.2) is 4.39 Å². The summed E-state index contributed by atoms with van der Waals surface area (Å²) in [5.74, 6) is -0.235. The average Bonchev–Trinajstić information content (AvgIpc) is 2.32. The van der Waals surface area contributed by atoms with Crippen LogP contribution in [0.4, 0.5) is 4.39 Å². The predicted molar refractivity (Wildman–Crippen MR) is 73.2 cm³/mol. The van der Waals surface area contributed by atoms with E-state index in [4.69, 9.17) is 17.3 Å². The highest BCUT2D eigenvalue weighted by Crippen LogP contribution is 2.24. The molecular formula is C15H15ClFN. The molecule has 94 valence electrons. The smallest absolute Gasteiger partial charge is 0.123 e. The van der Waals surface area contributed by atoms with Crippen molar-refractivity contribution in [2.24, 2.45) is 5.73 Å². The maximum absolute atomic E-state index is 13.0. The van der Waals surface area contributed by atoms with Crippen molar-refractivity contribution in [2.45, 2.75) is 19.4 Å². The molecule has 18 heavy (non-hydrogen) atoms. The monoisotopic (exact) mass is 263 g/mol. The Morgan fingerprint density at radius 1 is 1.22 bits per heavy atom. The van der Waals surface area contributed by atoms with Crippen LogP contribution in [0.25, 0.3) is 0 Å². The minimum Gasteiger partial charge on any atom is -0.324 e. The van der Waals surface area contributed by atoms with Gasteiger partial charge in [0.2, 0.25) is 0 Å². The van der Waals surface area contributed by atoms with E-state index in [2.05, 4.69) is 0 Å². The van der Waals surface area contributed by atoms with E-state index in [1.54, 1.807) is 6.07 Å². The summed E-state index contributed by atoms with van der Waals surface area (Å²) in [7, 11) is 0. The third kappa shape index (κ3) is 2.89. The fourth-order valence-corrected chi connectivity index (χ4v) is 2.28. The van der Waals surface area contributed by atoms with Crippen LogP contribution in [0, 0.1) is 12.7 Å². The van der Waals surface area contributed by atoms with Crippen LogP contribution in [0.15, 0.2) is 42.5 Å². The lowest BCUT2D eigenvalue weighted by Gasteiger charge is -2.15. The highest BCUT2D eigenvalue weighted by atomic mass is 35.5. The van der Waals surface area contributed by atoms with Crippen molar-refractivity contribution in [3.63, 3.8) is 0 Å². The lowest BCUT2D eigenvalue weighted by Crippen LogP contribution is -2.15. The normalized spacial score (nSPS) is 12.4. The number of hydrogen-bond donors (Lipinski definition) is 1. The first kappa shape index (κ1) is 13.1. The summed E-state index contributed by atoms with van der Waals surface area (Å²) in [6.07, 6.45) is 0.645. The molecular weight excluding hydrogens is 249 g/mol. The van der Waals surface area contributed by atoms with E-state index in [1.165, 1.54) is 12.1 Å². The number of nitrogens with two attached hydrogens (primary N) is 1. The minimum atomic E-state index is -0.235. The van der Waals surface area contributed by atoms with E-state index < -0.39 is 0 Å². The van der Waals surface area contributed by atoms with Crippen molar-refractivity contribution >= 4 is 11.6 Å². The third-order valence-electron chi connectivity index (χ3n) is 3.03. The second kappa shape index (κ2) is 5.51. The van der Waals surface area contributed by atoms with Gasteiger partial charge < -0.3 is 5.73 Å². The molecule has 1 unspecified atom stereocenters. The van der Waals surface area contributed by atoms with Gasteiger partial charge in [-0.05, 0) is 48.2 Å². The summed E-state index contributed by atoms with van der Waals surface area (Å²) in [5, 5.41) is 0.715. The van der Waals surface area contributed by atoms with E-state index in [9.17, 15) is 4.39 Å². The van der Waals surface area contributed by atoms with Crippen molar-refractivity contribution in [1.82, 2.24) is 0 Å². The quantitative estimate of drug-likeness (QED) is 0.889. The minimum absolute atomic E-state index is 0.175. The van der Waals surface area contributed by atoms with Crippen molar-refractivity contribution in [1.29, 1.82) is 0 Å². The van der Waals surface area contributed by atoms with Gasteiger partial charge in [-0.2, -0.15) is 0 Å². The molecule has 2 aromatic rings. The Morgan fingerprint density at radius 3 is 2.61 bits per heavy atom. The molecule has 0 saturated heterocycles. The van der Waals surface area contributed by atoms with Crippen molar-refractivity contribution in [2.75, 3.05) is 0 Å². The van der Waals surface area contributed by atoms with E-state index in [0.29, 0.717) is 11.4 Å². The van der Waals surface area contributed by atoms with Crippen LogP contribution in [0.3, 0.4) is 0 Å². The molecule has 0 radical (unpaired) electrons. The summed E-state index contributed by atoms with van der Waals surface area (Å²) in [6, 6.07) is 12.1. The van der Waals surface area contributed by atoms with Crippen LogP contribution < -0.4 is 5.73 Å². The zero-order chi connectivity index (χ0) is 13.1. The lowest BCUT2D eigenvalue weighted by atomic mass is 9.96. The molecule has 3 heteroatoms. The molecule has 0 saturated carbocycles. The highest BCUT2D eigenvalue weighted by Gasteiger charge is 2.12. The van der Waals surface area contributed by atoms with E-state index in [1.807, 2.05) is 31.2 Å². The van der Waals surface area contributed by atoms with Crippen LogP contribution in [0.2, 0.25) is 5.02 Å². The predicted octanol–water partition coefficient (Wildman–Crippen LogP) is 4.03. The van der Waals surface area contributed by atoms with Crippen molar-refractivity contribution in [3.05, 3.63) is 70.0 Å². The standard InChI is InChI=1S/C15H15ClFN/c1-10-8-12(17)6-7-13(10)15(18)9-11-4-2-3-5-14(11)16/h2-8,15H,9,18H2,1H3. The second-order valence-corrected chi connectivity index (χ2v) is 4.81. The zero-order valence-corrected chi connectivity index (χ0v) is 10.9. The van der Waals surface area contributed by atoms with Gasteiger partial charge in [0.15, 0.2) is 0 Å². The first-order chi connectivity index (χ1) is 8.58. The van der Waals surface area contributed by atoms with Gasteiger partial charge in [-0.15, -0.1) is 0 Å². The lowest BCUT2D eigenvalue weighted by molar-refractivity contribution is 0.622. The largest absolute Gasteiger partial charge is 0.324 e. The average molecular weight is 264 g/mol. The Balaban J connectivity index is 2.22. The molecule has 0 aromatic heterocycles. The molecule has 0 fully saturated rings. The summed E-state index contributed by atoms with van der Waals surface area (Å²) >= 11 is 6.11. The van der Waals surface area contributed by atoms with Gasteiger partial charge in [-0.3, -0.25) is 0 Å². The molecule has 0 aliphatic heterocycles. The van der Waals surface area contributed by atoms with Crippen molar-refractivity contribution in [3.8, 4) is 0 Å². The maximum Gasteiger partial charge on any atom is 0.123 e. The topological polar surface area (TPSA) is 26.0 Å². The molecule has 0 amide bonds. The fraction of sp³-hybridized carbons (Fsp3) is 0.200. The van der Waals surface area contributed by atoms with Gasteiger partial charge in [0.05, 0.1) is 0 Å². The van der Waals surface area contributed by atoms with Gasteiger partial charge in [-0.1, -0.05) is 35.9 Å². The summed E-state index contributed by atoms with van der Waals surface area (Å²) < 4.78 is 13.0. The van der Waals surface area contributed by atoms with Crippen LogP contribution in [-0.2, 0) is 6.42 Å². The molecule has 0 bridgehead atoms. The number of aryl methyl sites for hydroxylation is 1. The molecule has 1 atom stereocenters. The van der Waals surface area contributed by atoms with Crippen LogP contribution >= 0.6 is 11.6 Å². The Labute approximate surface area is 111 Å². The summed E-state index contributed by atoms with van der Waals surface area (Å²) in [4.78, 5) is 0. The van der Waals surface area contributed by atoms with E-state index in [-0.39, 0.29) is 11.9 Å². The van der Waals surface area contributed by atoms with E-state index >= 15 is 0 Å². The molecule has 2 aromatic carbocycles. The van der Waals surface area contributed by atoms with Crippen LogP contribution in [0.1, 0.15) is 22.7 Å². The van der Waals surface area contributed by atoms with Gasteiger partial charge in [0.25, 0.3) is 0 Å². The van der Waals surface area contributed by atoms with Gasteiger partial charge in [0, 0.05) is 11.1 Å². The summed E-state index contributed by atoms with van der Waals surface area (Å²) in [6.45, 7) is 1.87. The second-order valence-electron chi connectivity index (χ2n) is 4.40. The summed E-state index contributed by atoms with van der Waals surface area (Å²) in [5.41, 5.74) is 9.00. The Bertz CT molecular complexity index is 554. The molecule has 2 rings (SSSR count). The molecule has 1 nitrogen and oxygen atoms in total. The number of halogens is 2. The van der Waals surface area contributed by atoms with Crippen LogP contribution in [-0.4, -0.2) is 0 Å². The van der Waals surface area contributed by atoms with Gasteiger partial charge >= 0.3 is 0 Å².